The van der Waals surface area contributed by atoms with Gasteiger partial charge in [-0.1, -0.05) is 24.3 Å². The van der Waals surface area contributed by atoms with Crippen LogP contribution < -0.4 is 0 Å². The van der Waals surface area contributed by atoms with Crippen LogP contribution in [0.1, 0.15) is 61.5 Å². The van der Waals surface area contributed by atoms with E-state index in [1.165, 1.54) is 24.3 Å². The molecule has 1 nitrogen and oxygen atoms in total. The summed E-state index contributed by atoms with van der Waals surface area (Å²) in [6.07, 6.45) is 5.67. The Balaban J connectivity index is 1.45. The topological polar surface area (TPSA) is 17.1 Å². The fraction of sp³-hybridized carbons (Fsp3) is 0.435. The van der Waals surface area contributed by atoms with E-state index in [0.29, 0.717) is 24.7 Å². The number of hydrogen-bond acceptors (Lipinski definition) is 1. The molecule has 0 N–H and O–H groups in total. The van der Waals surface area contributed by atoms with E-state index in [1.807, 2.05) is 24.3 Å². The maximum Gasteiger partial charge on any atom is 0.134 e. The number of halogens is 2. The average Bonchev–Trinajstić information content (AvgIpc) is 3.53. The summed E-state index contributed by atoms with van der Waals surface area (Å²) in [6.45, 7) is 0. The van der Waals surface area contributed by atoms with Crippen molar-refractivity contribution in [1.29, 1.82) is 0 Å². The van der Waals surface area contributed by atoms with Crippen molar-refractivity contribution >= 4 is 5.78 Å². The predicted octanol–water partition coefficient (Wildman–Crippen LogP) is 6.00. The number of ketones is 1. The molecule has 2 unspecified atom stereocenters. The summed E-state index contributed by atoms with van der Waals surface area (Å²) in [5.41, 5.74) is 2.15. The minimum absolute atomic E-state index is 0.205. The van der Waals surface area contributed by atoms with Crippen LogP contribution in [0.2, 0.25) is 0 Å². The molecule has 0 heterocycles. The second-order valence-electron chi connectivity index (χ2n) is 7.94. The van der Waals surface area contributed by atoms with Crippen molar-refractivity contribution in [3.05, 3.63) is 71.3 Å². The first-order valence-electron chi connectivity index (χ1n) is 9.63. The van der Waals surface area contributed by atoms with Gasteiger partial charge < -0.3 is 0 Å². The van der Waals surface area contributed by atoms with E-state index in [9.17, 15) is 13.6 Å². The first-order valence-corrected chi connectivity index (χ1v) is 9.63. The van der Waals surface area contributed by atoms with Crippen molar-refractivity contribution in [2.75, 3.05) is 0 Å². The largest absolute Gasteiger partial charge is 0.300 e. The molecule has 2 aromatic carbocycles. The molecule has 26 heavy (non-hydrogen) atoms. The monoisotopic (exact) mass is 354 g/mol. The lowest BCUT2D eigenvalue weighted by Crippen LogP contribution is -2.14. The maximum atomic E-state index is 13.2. The number of benzene rings is 2. The van der Waals surface area contributed by atoms with Gasteiger partial charge in [-0.25, -0.2) is 8.78 Å². The Morgan fingerprint density at radius 2 is 1.08 bits per heavy atom. The summed E-state index contributed by atoms with van der Waals surface area (Å²) in [6, 6.07) is 13.2. The molecule has 0 saturated heterocycles. The molecule has 2 saturated carbocycles. The molecule has 2 aliphatic rings. The number of carbonyl (C=O) groups is 1. The first-order chi connectivity index (χ1) is 12.6. The summed E-state index contributed by atoms with van der Waals surface area (Å²) in [7, 11) is 0. The van der Waals surface area contributed by atoms with Gasteiger partial charge in [0, 0.05) is 12.8 Å². The Hall–Kier alpha value is -2.03. The lowest BCUT2D eigenvalue weighted by molar-refractivity contribution is -0.120. The molecule has 4 rings (SSSR count). The Labute approximate surface area is 153 Å². The minimum Gasteiger partial charge on any atom is -0.300 e. The van der Waals surface area contributed by atoms with Crippen LogP contribution in [-0.2, 0) is 4.79 Å². The van der Waals surface area contributed by atoms with Gasteiger partial charge in [0.25, 0.3) is 0 Å². The fourth-order valence-corrected chi connectivity index (χ4v) is 4.10. The molecule has 0 spiro atoms. The summed E-state index contributed by atoms with van der Waals surface area (Å²) in [5.74, 6) is 1.31. The molecule has 3 heteroatoms. The lowest BCUT2D eigenvalue weighted by Gasteiger charge is -2.20. The van der Waals surface area contributed by atoms with Crippen LogP contribution >= 0.6 is 0 Å². The van der Waals surface area contributed by atoms with Crippen molar-refractivity contribution in [3.63, 3.8) is 0 Å². The van der Waals surface area contributed by atoms with Gasteiger partial charge in [-0.2, -0.15) is 0 Å². The van der Waals surface area contributed by atoms with Crippen LogP contribution in [-0.4, -0.2) is 5.78 Å². The maximum absolute atomic E-state index is 13.2. The molecule has 0 radical (unpaired) electrons. The third-order valence-corrected chi connectivity index (χ3v) is 5.87. The van der Waals surface area contributed by atoms with E-state index in [2.05, 4.69) is 0 Å². The molecule has 0 bridgehead atoms. The highest BCUT2D eigenvalue weighted by molar-refractivity contribution is 5.80. The van der Waals surface area contributed by atoms with Gasteiger partial charge in [-0.15, -0.1) is 0 Å². The zero-order valence-electron chi connectivity index (χ0n) is 14.8. The third-order valence-electron chi connectivity index (χ3n) is 5.87. The molecule has 2 aromatic rings. The average molecular weight is 354 g/mol. The summed E-state index contributed by atoms with van der Waals surface area (Å²) in [5, 5.41) is 0. The standard InChI is InChI=1S/C23H24F2O/c24-19-9-5-17(6-10-19)22(15-1-2-15)13-21(26)14-23(16-3-4-16)18-7-11-20(25)12-8-18/h5-12,15-16,22-23H,1-4,13-14H2. The second kappa shape index (κ2) is 7.30. The Kier molecular flexibility index (Phi) is 4.88. The van der Waals surface area contributed by atoms with Gasteiger partial charge in [0.2, 0.25) is 0 Å². The molecule has 2 atom stereocenters. The van der Waals surface area contributed by atoms with Gasteiger partial charge in [0.05, 0.1) is 0 Å². The lowest BCUT2D eigenvalue weighted by atomic mass is 9.84. The minimum atomic E-state index is -0.236. The second-order valence-corrected chi connectivity index (χ2v) is 7.94. The molecular formula is C23H24F2O. The molecule has 2 aliphatic carbocycles. The molecule has 0 aliphatic heterocycles. The molecule has 136 valence electrons. The van der Waals surface area contributed by atoms with Gasteiger partial charge in [0.1, 0.15) is 17.4 Å². The van der Waals surface area contributed by atoms with E-state index >= 15 is 0 Å². The smallest absolute Gasteiger partial charge is 0.134 e. The number of rotatable bonds is 8. The van der Waals surface area contributed by atoms with Crippen LogP contribution in [0.15, 0.2) is 48.5 Å². The van der Waals surface area contributed by atoms with Crippen molar-refractivity contribution in [3.8, 4) is 0 Å². The fourth-order valence-electron chi connectivity index (χ4n) is 4.10. The third kappa shape index (κ3) is 4.20. The van der Waals surface area contributed by atoms with Crippen LogP contribution in [0, 0.1) is 23.5 Å². The Morgan fingerprint density at radius 1 is 0.731 bits per heavy atom. The summed E-state index contributed by atoms with van der Waals surface area (Å²) in [4.78, 5) is 12.9. The molecule has 2 fully saturated rings. The molecular weight excluding hydrogens is 330 g/mol. The predicted molar refractivity (Wildman–Crippen MR) is 98.0 cm³/mol. The highest BCUT2D eigenvalue weighted by atomic mass is 19.1. The van der Waals surface area contributed by atoms with E-state index in [1.54, 1.807) is 0 Å². The van der Waals surface area contributed by atoms with Crippen molar-refractivity contribution in [2.24, 2.45) is 11.8 Å². The zero-order chi connectivity index (χ0) is 18.1. The number of hydrogen-bond donors (Lipinski definition) is 0. The Bertz CT molecular complexity index is 692. The van der Waals surface area contributed by atoms with Crippen LogP contribution in [0.4, 0.5) is 8.78 Å². The van der Waals surface area contributed by atoms with E-state index in [-0.39, 0.29) is 29.3 Å². The SMILES string of the molecule is O=C(CC(c1ccc(F)cc1)C1CC1)CC(c1ccc(F)cc1)C1CC1. The van der Waals surface area contributed by atoms with Gasteiger partial charge in [0.15, 0.2) is 0 Å². The number of carbonyl (C=O) groups excluding carboxylic acids is 1. The van der Waals surface area contributed by atoms with Crippen LogP contribution in [0.5, 0.6) is 0 Å². The van der Waals surface area contributed by atoms with Gasteiger partial charge in [-0.05, 0) is 84.7 Å². The van der Waals surface area contributed by atoms with Gasteiger partial charge in [-0.3, -0.25) is 4.79 Å². The van der Waals surface area contributed by atoms with Crippen molar-refractivity contribution in [2.45, 2.75) is 50.4 Å². The molecule has 0 aromatic heterocycles. The first kappa shape index (κ1) is 17.4. The quantitative estimate of drug-likeness (QED) is 0.568. The Morgan fingerprint density at radius 3 is 1.38 bits per heavy atom. The van der Waals surface area contributed by atoms with E-state index < -0.39 is 0 Å². The highest BCUT2D eigenvalue weighted by Gasteiger charge is 2.37. The zero-order valence-corrected chi connectivity index (χ0v) is 14.8. The number of Topliss-reactive ketones (excluding diaryl/α,β-unsaturated/α-hetero) is 1. The van der Waals surface area contributed by atoms with Crippen molar-refractivity contribution < 1.29 is 13.6 Å². The highest BCUT2D eigenvalue weighted by Crippen LogP contribution is 2.47. The summed E-state index contributed by atoms with van der Waals surface area (Å²) < 4.78 is 26.4. The summed E-state index contributed by atoms with van der Waals surface area (Å²) >= 11 is 0. The van der Waals surface area contributed by atoms with E-state index in [4.69, 9.17) is 0 Å². The van der Waals surface area contributed by atoms with E-state index in [0.717, 1.165) is 36.8 Å². The van der Waals surface area contributed by atoms with Crippen molar-refractivity contribution in [1.82, 2.24) is 0 Å². The van der Waals surface area contributed by atoms with Crippen LogP contribution in [0.3, 0.4) is 0 Å². The molecule has 0 amide bonds. The normalized spacial score (nSPS) is 19.2. The van der Waals surface area contributed by atoms with Gasteiger partial charge >= 0.3 is 0 Å². The van der Waals surface area contributed by atoms with Crippen LogP contribution in [0.25, 0.3) is 0 Å².